The van der Waals surface area contributed by atoms with E-state index in [0.29, 0.717) is 11.7 Å². The zero-order chi connectivity index (χ0) is 22.7. The van der Waals surface area contributed by atoms with E-state index in [2.05, 4.69) is 30.1 Å². The number of hydrogen-bond donors (Lipinski definition) is 0. The van der Waals surface area contributed by atoms with Crippen LogP contribution in [0.1, 0.15) is 31.7 Å². The maximum atomic E-state index is 12.5. The number of aryl methyl sites for hydroxylation is 1. The number of nitrogens with zero attached hydrogens (tertiary/aromatic N) is 3. The van der Waals surface area contributed by atoms with E-state index in [9.17, 15) is 9.59 Å². The van der Waals surface area contributed by atoms with Gasteiger partial charge >= 0.3 is 5.97 Å². The number of esters is 1. The fourth-order valence-corrected chi connectivity index (χ4v) is 3.95. The Hall–Kier alpha value is -3.74. The molecule has 1 aliphatic heterocycles. The normalized spacial score (nSPS) is 15.6. The van der Waals surface area contributed by atoms with Crippen molar-refractivity contribution in [1.82, 2.24) is 10.1 Å². The summed E-state index contributed by atoms with van der Waals surface area (Å²) in [5.74, 6) is 0.0742. The van der Waals surface area contributed by atoms with Gasteiger partial charge in [0.25, 0.3) is 0 Å². The lowest BCUT2D eigenvalue weighted by atomic mass is 9.83. The Morgan fingerprint density at radius 2 is 1.81 bits per heavy atom. The van der Waals surface area contributed by atoms with Crippen LogP contribution in [0.4, 0.5) is 5.69 Å². The predicted molar refractivity (Wildman–Crippen MR) is 120 cm³/mol. The lowest BCUT2D eigenvalue weighted by Crippen LogP contribution is -2.25. The van der Waals surface area contributed by atoms with Crippen molar-refractivity contribution in [1.29, 1.82) is 0 Å². The number of fused-ring (bicyclic) bond motifs is 1. The van der Waals surface area contributed by atoms with E-state index in [1.54, 1.807) is 6.08 Å². The summed E-state index contributed by atoms with van der Waals surface area (Å²) in [7, 11) is 1.94. The number of allylic oxidation sites excluding steroid dienone is 1. The Morgan fingerprint density at radius 3 is 2.56 bits per heavy atom. The average Bonchev–Trinajstić information content (AvgIpc) is 3.35. The Balaban J connectivity index is 1.30. The highest BCUT2D eigenvalue weighted by Crippen LogP contribution is 2.46. The van der Waals surface area contributed by atoms with Crippen LogP contribution >= 0.6 is 0 Å². The van der Waals surface area contributed by atoms with Gasteiger partial charge in [-0.3, -0.25) is 9.59 Å². The van der Waals surface area contributed by atoms with E-state index in [1.807, 2.05) is 60.5 Å². The highest BCUT2D eigenvalue weighted by atomic mass is 16.5. The maximum Gasteiger partial charge on any atom is 0.306 e. The maximum absolute atomic E-state index is 12.5. The molecule has 0 atom stereocenters. The van der Waals surface area contributed by atoms with Crippen LogP contribution in [0, 0.1) is 0 Å². The SMILES string of the molecule is CN1/C(=C/C(=O)COC(=O)CCc2nc(-c3ccccc3)no2)C(C)(C)c2ccccc21. The van der Waals surface area contributed by atoms with Crippen LogP contribution < -0.4 is 4.90 Å². The molecule has 0 bridgehead atoms. The Bertz CT molecular complexity index is 1160. The topological polar surface area (TPSA) is 85.5 Å². The number of benzene rings is 2. The number of carbonyl (C=O) groups is 2. The molecule has 2 heterocycles. The van der Waals surface area contributed by atoms with Gasteiger partial charge in [-0.05, 0) is 11.6 Å². The molecule has 2 aromatic carbocycles. The number of carbonyl (C=O) groups excluding carboxylic acids is 2. The van der Waals surface area contributed by atoms with Crippen LogP contribution in [0.15, 0.2) is 70.9 Å². The summed E-state index contributed by atoms with van der Waals surface area (Å²) >= 11 is 0. The highest BCUT2D eigenvalue weighted by molar-refractivity contribution is 5.94. The third-order valence-electron chi connectivity index (χ3n) is 5.66. The Morgan fingerprint density at radius 1 is 1.09 bits per heavy atom. The number of ketones is 1. The molecule has 1 aliphatic rings. The molecule has 164 valence electrons. The van der Waals surface area contributed by atoms with E-state index >= 15 is 0 Å². The molecule has 0 aliphatic carbocycles. The fraction of sp³-hybridized carbons (Fsp3) is 0.280. The van der Waals surface area contributed by atoms with Gasteiger partial charge in [-0.2, -0.15) is 4.98 Å². The van der Waals surface area contributed by atoms with Crippen molar-refractivity contribution < 1.29 is 18.8 Å². The number of likely N-dealkylation sites (N-methyl/N-ethyl adjacent to an activating group) is 1. The first-order valence-electron chi connectivity index (χ1n) is 10.5. The van der Waals surface area contributed by atoms with E-state index in [4.69, 9.17) is 9.26 Å². The number of aromatic nitrogens is 2. The molecule has 0 unspecified atom stereocenters. The van der Waals surface area contributed by atoms with Crippen molar-refractivity contribution in [3.63, 3.8) is 0 Å². The summed E-state index contributed by atoms with van der Waals surface area (Å²) in [6.07, 6.45) is 1.87. The van der Waals surface area contributed by atoms with Crippen molar-refractivity contribution in [3.8, 4) is 11.4 Å². The lowest BCUT2D eigenvalue weighted by molar-refractivity contribution is -0.146. The second-order valence-corrected chi connectivity index (χ2v) is 8.24. The van der Waals surface area contributed by atoms with Gasteiger partial charge in [-0.25, -0.2) is 0 Å². The minimum absolute atomic E-state index is 0.0527. The highest BCUT2D eigenvalue weighted by Gasteiger charge is 2.38. The summed E-state index contributed by atoms with van der Waals surface area (Å²) in [5, 5.41) is 3.93. The quantitative estimate of drug-likeness (QED) is 0.411. The van der Waals surface area contributed by atoms with Crippen molar-refractivity contribution in [3.05, 3.63) is 77.8 Å². The van der Waals surface area contributed by atoms with E-state index < -0.39 is 5.97 Å². The number of para-hydroxylation sites is 1. The van der Waals surface area contributed by atoms with Crippen LogP contribution in [0.5, 0.6) is 0 Å². The molecule has 0 spiro atoms. The Labute approximate surface area is 186 Å². The standard InChI is InChI=1S/C25H25N3O4/c1-25(2)19-11-7-8-12-20(19)28(3)21(25)15-18(29)16-31-23(30)14-13-22-26-24(27-32-22)17-9-5-4-6-10-17/h4-12,15H,13-14,16H2,1-3H3/b21-15+. The van der Waals surface area contributed by atoms with Gasteiger partial charge in [0.2, 0.25) is 11.7 Å². The minimum Gasteiger partial charge on any atom is -0.457 e. The van der Waals surface area contributed by atoms with Crippen LogP contribution in [0.3, 0.4) is 0 Å². The molecule has 7 heteroatoms. The molecule has 3 aromatic rings. The third kappa shape index (κ3) is 4.32. The van der Waals surface area contributed by atoms with E-state index in [0.717, 1.165) is 22.5 Å². The van der Waals surface area contributed by atoms with Crippen LogP contribution in [0.2, 0.25) is 0 Å². The molecular formula is C25H25N3O4. The number of rotatable bonds is 7. The van der Waals surface area contributed by atoms with Gasteiger partial charge in [0, 0.05) is 41.9 Å². The molecule has 1 aromatic heterocycles. The van der Waals surface area contributed by atoms with Gasteiger partial charge in [-0.1, -0.05) is 67.5 Å². The predicted octanol–water partition coefficient (Wildman–Crippen LogP) is 4.09. The van der Waals surface area contributed by atoms with Crippen LogP contribution in [-0.4, -0.2) is 35.5 Å². The molecule has 32 heavy (non-hydrogen) atoms. The van der Waals surface area contributed by atoms with Crippen molar-refractivity contribution in [2.75, 3.05) is 18.6 Å². The van der Waals surface area contributed by atoms with Gasteiger partial charge in [0.1, 0.15) is 0 Å². The number of hydrogen-bond acceptors (Lipinski definition) is 7. The first-order chi connectivity index (χ1) is 15.4. The van der Waals surface area contributed by atoms with Crippen molar-refractivity contribution in [2.45, 2.75) is 32.1 Å². The molecule has 0 fully saturated rings. The number of anilines is 1. The van der Waals surface area contributed by atoms with Gasteiger partial charge in [-0.15, -0.1) is 0 Å². The monoisotopic (exact) mass is 431 g/mol. The molecule has 0 amide bonds. The fourth-order valence-electron chi connectivity index (χ4n) is 3.95. The van der Waals surface area contributed by atoms with Crippen molar-refractivity contribution in [2.24, 2.45) is 0 Å². The molecule has 0 N–H and O–H groups in total. The minimum atomic E-state index is -0.487. The second-order valence-electron chi connectivity index (χ2n) is 8.24. The zero-order valence-corrected chi connectivity index (χ0v) is 18.4. The van der Waals surface area contributed by atoms with Gasteiger partial charge in [0.05, 0.1) is 6.42 Å². The van der Waals surface area contributed by atoms with Gasteiger partial charge in [0.15, 0.2) is 12.4 Å². The third-order valence-corrected chi connectivity index (χ3v) is 5.66. The lowest BCUT2D eigenvalue weighted by Gasteiger charge is -2.23. The van der Waals surface area contributed by atoms with E-state index in [-0.39, 0.29) is 30.6 Å². The number of ether oxygens (including phenoxy) is 1. The summed E-state index contributed by atoms with van der Waals surface area (Å²) in [6, 6.07) is 17.5. The van der Waals surface area contributed by atoms with E-state index in [1.165, 1.54) is 0 Å². The van der Waals surface area contributed by atoms with Gasteiger partial charge < -0.3 is 14.2 Å². The molecule has 4 rings (SSSR count). The summed E-state index contributed by atoms with van der Waals surface area (Å²) in [5.41, 5.74) is 3.64. The summed E-state index contributed by atoms with van der Waals surface area (Å²) in [6.45, 7) is 3.85. The zero-order valence-electron chi connectivity index (χ0n) is 18.4. The largest absolute Gasteiger partial charge is 0.457 e. The molecule has 7 nitrogen and oxygen atoms in total. The second kappa shape index (κ2) is 8.78. The Kier molecular flexibility index (Phi) is 5.90. The molecule has 0 saturated heterocycles. The van der Waals surface area contributed by atoms with Crippen LogP contribution in [0.25, 0.3) is 11.4 Å². The smallest absolute Gasteiger partial charge is 0.306 e. The average molecular weight is 431 g/mol. The molecular weight excluding hydrogens is 406 g/mol. The summed E-state index contributed by atoms with van der Waals surface area (Å²) in [4.78, 5) is 30.9. The summed E-state index contributed by atoms with van der Waals surface area (Å²) < 4.78 is 10.4. The molecule has 0 radical (unpaired) electrons. The van der Waals surface area contributed by atoms with Crippen LogP contribution in [-0.2, 0) is 26.2 Å². The van der Waals surface area contributed by atoms with Crippen molar-refractivity contribution >= 4 is 17.4 Å². The molecule has 0 saturated carbocycles. The first-order valence-corrected chi connectivity index (χ1v) is 10.5. The first kappa shape index (κ1) is 21.5.